The van der Waals surface area contributed by atoms with Gasteiger partial charge in [-0.25, -0.2) is 8.42 Å². The Hall–Kier alpha value is -2.83. The van der Waals surface area contributed by atoms with E-state index in [9.17, 15) is 13.2 Å². The van der Waals surface area contributed by atoms with Crippen LogP contribution in [0.4, 0.5) is 5.69 Å². The highest BCUT2D eigenvalue weighted by Gasteiger charge is 2.29. The van der Waals surface area contributed by atoms with Crippen molar-refractivity contribution in [3.63, 3.8) is 0 Å². The molecule has 5 nitrogen and oxygen atoms in total. The number of benzene rings is 3. The van der Waals surface area contributed by atoms with Gasteiger partial charge in [0.15, 0.2) is 0 Å². The molecule has 0 saturated heterocycles. The SMILES string of the molecule is C[C@H](NC(=O)CN(c1ccccc1Cl)S(=O)(=O)c1ccccc1)c1ccc(C(C)(C)C)cc1. The van der Waals surface area contributed by atoms with Crippen LogP contribution in [-0.2, 0) is 20.2 Å². The number of para-hydroxylation sites is 1. The zero-order valence-electron chi connectivity index (χ0n) is 19.2. The summed E-state index contributed by atoms with van der Waals surface area (Å²) in [6, 6.07) is 22.4. The smallest absolute Gasteiger partial charge is 0.264 e. The first-order valence-corrected chi connectivity index (χ1v) is 12.5. The Morgan fingerprint density at radius 3 is 2.09 bits per heavy atom. The molecule has 0 bridgehead atoms. The van der Waals surface area contributed by atoms with Crippen molar-refractivity contribution < 1.29 is 13.2 Å². The highest BCUT2D eigenvalue weighted by Crippen LogP contribution is 2.30. The summed E-state index contributed by atoms with van der Waals surface area (Å²) in [6.07, 6.45) is 0. The number of hydrogen-bond acceptors (Lipinski definition) is 3. The lowest BCUT2D eigenvalue weighted by Crippen LogP contribution is -2.41. The molecule has 3 aromatic carbocycles. The summed E-state index contributed by atoms with van der Waals surface area (Å²) < 4.78 is 27.8. The molecule has 0 spiro atoms. The Morgan fingerprint density at radius 2 is 1.52 bits per heavy atom. The van der Waals surface area contributed by atoms with Crippen molar-refractivity contribution in [1.82, 2.24) is 5.32 Å². The number of carbonyl (C=O) groups excluding carboxylic acids is 1. The van der Waals surface area contributed by atoms with Crippen LogP contribution in [0.15, 0.2) is 83.8 Å². The Bertz CT molecular complexity index is 1200. The number of nitrogens with one attached hydrogen (secondary N) is 1. The van der Waals surface area contributed by atoms with Crippen LogP contribution in [0.25, 0.3) is 0 Å². The second-order valence-corrected chi connectivity index (χ2v) is 11.2. The fourth-order valence-corrected chi connectivity index (χ4v) is 5.19. The first kappa shape index (κ1) is 24.8. The molecule has 0 saturated carbocycles. The van der Waals surface area contributed by atoms with Gasteiger partial charge in [0.2, 0.25) is 5.91 Å². The normalized spacial score (nSPS) is 12.8. The number of hydrogen-bond donors (Lipinski definition) is 1. The molecule has 0 aliphatic rings. The molecular weight excluding hydrogens is 456 g/mol. The predicted octanol–water partition coefficient (Wildman–Crippen LogP) is 5.71. The van der Waals surface area contributed by atoms with E-state index in [0.717, 1.165) is 9.87 Å². The largest absolute Gasteiger partial charge is 0.348 e. The third kappa shape index (κ3) is 5.95. The molecule has 33 heavy (non-hydrogen) atoms. The summed E-state index contributed by atoms with van der Waals surface area (Å²) in [5.41, 5.74) is 2.42. The van der Waals surface area contributed by atoms with Crippen molar-refractivity contribution in [2.24, 2.45) is 0 Å². The molecule has 1 N–H and O–H groups in total. The molecule has 174 valence electrons. The summed E-state index contributed by atoms with van der Waals surface area (Å²) in [6.45, 7) is 7.90. The number of nitrogens with zero attached hydrogens (tertiary/aromatic N) is 1. The van der Waals surface area contributed by atoms with E-state index in [2.05, 4.69) is 26.1 Å². The standard InChI is InChI=1S/C26H29ClN2O3S/c1-19(20-14-16-21(17-15-20)26(2,3)4)28-25(30)18-29(24-13-9-8-12-23(24)27)33(31,32)22-10-6-5-7-11-22/h5-17,19H,18H2,1-4H3,(H,28,30)/t19-/m0/s1. The van der Waals surface area contributed by atoms with Crippen molar-refractivity contribution in [2.45, 2.75) is 44.0 Å². The predicted molar refractivity (Wildman–Crippen MR) is 134 cm³/mol. The van der Waals surface area contributed by atoms with Gasteiger partial charge in [0.1, 0.15) is 6.54 Å². The number of rotatable bonds is 7. The Balaban J connectivity index is 1.84. The summed E-state index contributed by atoms with van der Waals surface area (Å²) in [5, 5.41) is 3.16. The fourth-order valence-electron chi connectivity index (χ4n) is 3.45. The lowest BCUT2D eigenvalue weighted by molar-refractivity contribution is -0.120. The summed E-state index contributed by atoms with van der Waals surface area (Å²) in [4.78, 5) is 13.1. The number of carbonyl (C=O) groups is 1. The minimum Gasteiger partial charge on any atom is -0.348 e. The van der Waals surface area contributed by atoms with Crippen LogP contribution in [-0.4, -0.2) is 20.9 Å². The number of halogens is 1. The third-order valence-corrected chi connectivity index (χ3v) is 7.49. The average molecular weight is 485 g/mol. The Labute approximate surface area is 201 Å². The highest BCUT2D eigenvalue weighted by atomic mass is 35.5. The Kier molecular flexibility index (Phi) is 7.50. The molecule has 1 amide bonds. The van der Waals surface area contributed by atoms with E-state index in [1.807, 2.05) is 31.2 Å². The molecule has 0 unspecified atom stereocenters. The van der Waals surface area contributed by atoms with Gasteiger partial charge in [-0.1, -0.05) is 87.0 Å². The van der Waals surface area contributed by atoms with Gasteiger partial charge < -0.3 is 5.32 Å². The van der Waals surface area contributed by atoms with E-state index in [1.54, 1.807) is 42.5 Å². The first-order chi connectivity index (χ1) is 15.5. The molecular formula is C26H29ClN2O3S. The van der Waals surface area contributed by atoms with E-state index >= 15 is 0 Å². The molecule has 0 aliphatic carbocycles. The van der Waals surface area contributed by atoms with Crippen LogP contribution in [0.5, 0.6) is 0 Å². The monoisotopic (exact) mass is 484 g/mol. The van der Waals surface area contributed by atoms with Crippen molar-refractivity contribution in [2.75, 3.05) is 10.8 Å². The molecule has 3 rings (SSSR count). The second kappa shape index (κ2) is 9.98. The molecule has 0 heterocycles. The molecule has 3 aromatic rings. The van der Waals surface area contributed by atoms with E-state index in [1.165, 1.54) is 17.7 Å². The van der Waals surface area contributed by atoms with Gasteiger partial charge in [-0.05, 0) is 47.7 Å². The summed E-state index contributed by atoms with van der Waals surface area (Å²) in [5.74, 6) is -0.429. The van der Waals surface area contributed by atoms with Crippen LogP contribution in [0, 0.1) is 0 Å². The van der Waals surface area contributed by atoms with Gasteiger partial charge in [-0.3, -0.25) is 9.10 Å². The van der Waals surface area contributed by atoms with Gasteiger partial charge in [-0.15, -0.1) is 0 Å². The van der Waals surface area contributed by atoms with Crippen LogP contribution < -0.4 is 9.62 Å². The van der Waals surface area contributed by atoms with E-state index in [4.69, 9.17) is 11.6 Å². The summed E-state index contributed by atoms with van der Waals surface area (Å²) >= 11 is 6.31. The second-order valence-electron chi connectivity index (χ2n) is 8.94. The molecule has 0 radical (unpaired) electrons. The minimum atomic E-state index is -4.01. The number of sulfonamides is 1. The Morgan fingerprint density at radius 1 is 0.939 bits per heavy atom. The summed E-state index contributed by atoms with van der Waals surface area (Å²) in [7, 11) is -4.01. The highest BCUT2D eigenvalue weighted by molar-refractivity contribution is 7.92. The topological polar surface area (TPSA) is 66.5 Å². The fraction of sp³-hybridized carbons (Fsp3) is 0.269. The first-order valence-electron chi connectivity index (χ1n) is 10.7. The quantitative estimate of drug-likeness (QED) is 0.467. The zero-order valence-corrected chi connectivity index (χ0v) is 20.8. The van der Waals surface area contributed by atoms with Gasteiger partial charge in [-0.2, -0.15) is 0 Å². The van der Waals surface area contributed by atoms with Crippen molar-refractivity contribution >= 4 is 33.2 Å². The number of amides is 1. The van der Waals surface area contributed by atoms with Gasteiger partial charge in [0, 0.05) is 0 Å². The van der Waals surface area contributed by atoms with E-state index in [0.29, 0.717) is 0 Å². The lowest BCUT2D eigenvalue weighted by atomic mass is 9.86. The van der Waals surface area contributed by atoms with Crippen LogP contribution in [0.1, 0.15) is 44.9 Å². The van der Waals surface area contributed by atoms with Gasteiger partial charge in [0.25, 0.3) is 10.0 Å². The third-order valence-electron chi connectivity index (χ3n) is 5.39. The lowest BCUT2D eigenvalue weighted by Gasteiger charge is -2.26. The minimum absolute atomic E-state index is 0.0340. The molecule has 0 aromatic heterocycles. The van der Waals surface area contributed by atoms with Crippen molar-refractivity contribution in [3.8, 4) is 0 Å². The number of anilines is 1. The maximum atomic E-state index is 13.4. The van der Waals surface area contributed by atoms with E-state index in [-0.39, 0.29) is 27.1 Å². The van der Waals surface area contributed by atoms with Crippen LogP contribution in [0.3, 0.4) is 0 Å². The zero-order chi connectivity index (χ0) is 24.2. The average Bonchev–Trinajstić information content (AvgIpc) is 2.78. The maximum Gasteiger partial charge on any atom is 0.264 e. The maximum absolute atomic E-state index is 13.4. The van der Waals surface area contributed by atoms with Gasteiger partial charge in [0.05, 0.1) is 21.6 Å². The molecule has 7 heteroatoms. The van der Waals surface area contributed by atoms with Crippen LogP contribution >= 0.6 is 11.6 Å². The van der Waals surface area contributed by atoms with Crippen LogP contribution in [0.2, 0.25) is 5.02 Å². The molecule has 0 aliphatic heterocycles. The van der Waals surface area contributed by atoms with Crippen molar-refractivity contribution in [3.05, 3.63) is 95.0 Å². The van der Waals surface area contributed by atoms with Gasteiger partial charge >= 0.3 is 0 Å². The molecule has 1 atom stereocenters. The van der Waals surface area contributed by atoms with E-state index < -0.39 is 22.5 Å². The molecule has 0 fully saturated rings. The van der Waals surface area contributed by atoms with Crippen molar-refractivity contribution in [1.29, 1.82) is 0 Å².